The molecule has 0 radical (unpaired) electrons. The molecule has 0 fully saturated rings. The van der Waals surface area contributed by atoms with Gasteiger partial charge in [0.1, 0.15) is 17.7 Å². The van der Waals surface area contributed by atoms with E-state index in [-0.39, 0.29) is 5.71 Å². The van der Waals surface area contributed by atoms with Crippen molar-refractivity contribution in [2.75, 3.05) is 5.43 Å². The second-order valence-corrected chi connectivity index (χ2v) is 4.92. The molecule has 3 aromatic rings. The highest BCUT2D eigenvalue weighted by Gasteiger charge is 2.09. The van der Waals surface area contributed by atoms with Crippen LogP contribution in [0.5, 0.6) is 0 Å². The number of thiophene rings is 1. The number of benzene rings is 1. The molecule has 0 saturated carbocycles. The Bertz CT molecular complexity index is 880. The number of nitrogens with zero attached hydrogens (tertiary/aromatic N) is 4. The second-order valence-electron chi connectivity index (χ2n) is 3.97. The molecule has 7 heteroatoms. The second kappa shape index (κ2) is 5.45. The van der Waals surface area contributed by atoms with Gasteiger partial charge in [0.15, 0.2) is 5.58 Å². The molecule has 2 heterocycles. The molecule has 0 aliphatic heterocycles. The monoisotopic (exact) mass is 293 g/mol. The first kappa shape index (κ1) is 12.9. The van der Waals surface area contributed by atoms with E-state index in [1.807, 2.05) is 17.5 Å². The van der Waals surface area contributed by atoms with Gasteiger partial charge in [-0.1, -0.05) is 6.07 Å². The van der Waals surface area contributed by atoms with Gasteiger partial charge in [-0.05, 0) is 29.6 Å². The van der Waals surface area contributed by atoms with Gasteiger partial charge in [0.05, 0.1) is 10.6 Å². The summed E-state index contributed by atoms with van der Waals surface area (Å²) in [5.74, 6) is 0.565. The zero-order chi connectivity index (χ0) is 14.7. The Morgan fingerprint density at radius 2 is 2.14 bits per heavy atom. The first-order valence-electron chi connectivity index (χ1n) is 5.88. The first-order chi connectivity index (χ1) is 10.3. The first-order valence-corrected chi connectivity index (χ1v) is 6.76. The molecule has 0 atom stereocenters. The summed E-state index contributed by atoms with van der Waals surface area (Å²) in [7, 11) is 0. The Morgan fingerprint density at radius 3 is 2.86 bits per heavy atom. The van der Waals surface area contributed by atoms with Crippen LogP contribution < -0.4 is 5.43 Å². The van der Waals surface area contributed by atoms with Crippen molar-refractivity contribution < 1.29 is 4.42 Å². The number of aromatic nitrogens is 1. The topological polar surface area (TPSA) is 98.0 Å². The van der Waals surface area contributed by atoms with Crippen molar-refractivity contribution >= 4 is 33.8 Å². The SMILES string of the molecule is N#CC(C#N)=NNc1ccc2oc(-c3cccs3)nc2c1. The minimum atomic E-state index is -0.241. The van der Waals surface area contributed by atoms with E-state index in [0.717, 1.165) is 4.88 Å². The minimum absolute atomic E-state index is 0.241. The highest BCUT2D eigenvalue weighted by atomic mass is 32.1. The number of anilines is 1. The largest absolute Gasteiger partial charge is 0.435 e. The number of rotatable bonds is 3. The third-order valence-corrected chi connectivity index (χ3v) is 3.49. The highest BCUT2D eigenvalue weighted by molar-refractivity contribution is 7.13. The smallest absolute Gasteiger partial charge is 0.237 e. The fraction of sp³-hybridized carbons (Fsp3) is 0. The quantitative estimate of drug-likeness (QED) is 0.589. The van der Waals surface area contributed by atoms with Crippen molar-refractivity contribution in [1.29, 1.82) is 10.5 Å². The zero-order valence-corrected chi connectivity index (χ0v) is 11.4. The lowest BCUT2D eigenvalue weighted by Crippen LogP contribution is -1.95. The summed E-state index contributed by atoms with van der Waals surface area (Å²) in [4.78, 5) is 5.36. The Labute approximate surface area is 123 Å². The fourth-order valence-corrected chi connectivity index (χ4v) is 2.35. The molecule has 0 unspecified atom stereocenters. The Kier molecular flexibility index (Phi) is 3.34. The molecule has 0 aliphatic carbocycles. The van der Waals surface area contributed by atoms with Crippen LogP contribution >= 0.6 is 11.3 Å². The molecule has 21 heavy (non-hydrogen) atoms. The molecule has 0 saturated heterocycles. The fourth-order valence-electron chi connectivity index (χ4n) is 1.70. The molecule has 1 aromatic carbocycles. The number of hydrogen-bond donors (Lipinski definition) is 1. The highest BCUT2D eigenvalue weighted by Crippen LogP contribution is 2.28. The standard InChI is InChI=1S/C14H7N5OS/c15-7-10(8-16)19-18-9-3-4-12-11(6-9)17-14(20-12)13-2-1-5-21-13/h1-6,18H. The zero-order valence-electron chi connectivity index (χ0n) is 10.6. The predicted octanol–water partition coefficient (Wildman–Crippen LogP) is 3.37. The molecule has 0 bridgehead atoms. The number of oxazole rings is 1. The van der Waals surface area contributed by atoms with Crippen molar-refractivity contribution in [1.82, 2.24) is 4.98 Å². The van der Waals surface area contributed by atoms with Gasteiger partial charge in [0.2, 0.25) is 11.6 Å². The van der Waals surface area contributed by atoms with Gasteiger partial charge >= 0.3 is 0 Å². The molecular weight excluding hydrogens is 286 g/mol. The van der Waals surface area contributed by atoms with Crippen LogP contribution in [0.4, 0.5) is 5.69 Å². The van der Waals surface area contributed by atoms with Gasteiger partial charge in [0.25, 0.3) is 0 Å². The van der Waals surface area contributed by atoms with E-state index in [9.17, 15) is 0 Å². The maximum Gasteiger partial charge on any atom is 0.237 e. The lowest BCUT2D eigenvalue weighted by atomic mass is 10.3. The summed E-state index contributed by atoms with van der Waals surface area (Å²) in [6.07, 6.45) is 0. The third kappa shape index (κ3) is 2.59. The van der Waals surface area contributed by atoms with E-state index in [4.69, 9.17) is 14.9 Å². The van der Waals surface area contributed by atoms with Gasteiger partial charge in [-0.2, -0.15) is 15.6 Å². The van der Waals surface area contributed by atoms with Crippen LogP contribution in [0.25, 0.3) is 21.9 Å². The summed E-state index contributed by atoms with van der Waals surface area (Å²) in [5, 5.41) is 22.9. The van der Waals surface area contributed by atoms with Gasteiger partial charge in [0, 0.05) is 0 Å². The van der Waals surface area contributed by atoms with E-state index >= 15 is 0 Å². The van der Waals surface area contributed by atoms with E-state index < -0.39 is 0 Å². The predicted molar refractivity (Wildman–Crippen MR) is 79.6 cm³/mol. The van der Waals surface area contributed by atoms with Crippen LogP contribution in [0.1, 0.15) is 0 Å². The van der Waals surface area contributed by atoms with Gasteiger partial charge in [-0.25, -0.2) is 4.98 Å². The van der Waals surface area contributed by atoms with E-state index in [1.165, 1.54) is 0 Å². The van der Waals surface area contributed by atoms with Gasteiger partial charge in [-0.3, -0.25) is 5.43 Å². The van der Waals surface area contributed by atoms with E-state index in [1.54, 1.807) is 41.7 Å². The average molecular weight is 293 g/mol. The Balaban J connectivity index is 1.93. The molecule has 0 amide bonds. The molecule has 0 aliphatic rings. The molecule has 0 spiro atoms. The maximum atomic E-state index is 8.62. The van der Waals surface area contributed by atoms with Gasteiger partial charge < -0.3 is 4.42 Å². The summed E-state index contributed by atoms with van der Waals surface area (Å²) in [6.45, 7) is 0. The summed E-state index contributed by atoms with van der Waals surface area (Å²) < 4.78 is 5.67. The number of fused-ring (bicyclic) bond motifs is 1. The number of nitrogens with one attached hydrogen (secondary N) is 1. The van der Waals surface area contributed by atoms with Crippen molar-refractivity contribution in [2.45, 2.75) is 0 Å². The van der Waals surface area contributed by atoms with Crippen LogP contribution in [0.3, 0.4) is 0 Å². The van der Waals surface area contributed by atoms with Crippen LogP contribution in [-0.4, -0.2) is 10.7 Å². The summed E-state index contributed by atoms with van der Waals surface area (Å²) >= 11 is 1.55. The third-order valence-electron chi connectivity index (χ3n) is 2.63. The summed E-state index contributed by atoms with van der Waals surface area (Å²) in [5.41, 5.74) is 4.36. The van der Waals surface area contributed by atoms with Crippen LogP contribution in [0, 0.1) is 22.7 Å². The van der Waals surface area contributed by atoms with Crippen molar-refractivity contribution in [2.24, 2.45) is 5.10 Å². The van der Waals surface area contributed by atoms with Crippen LogP contribution in [0.2, 0.25) is 0 Å². The maximum absolute atomic E-state index is 8.62. The molecule has 6 nitrogen and oxygen atoms in total. The van der Waals surface area contributed by atoms with Crippen molar-refractivity contribution in [3.63, 3.8) is 0 Å². The average Bonchev–Trinajstić information content (AvgIpc) is 3.16. The van der Waals surface area contributed by atoms with Crippen LogP contribution in [0.15, 0.2) is 45.2 Å². The molecule has 2 aromatic heterocycles. The van der Waals surface area contributed by atoms with Crippen molar-refractivity contribution in [3.05, 3.63) is 35.7 Å². The van der Waals surface area contributed by atoms with Crippen LogP contribution in [-0.2, 0) is 0 Å². The number of nitriles is 2. The number of hydrogen-bond acceptors (Lipinski definition) is 7. The normalized spacial score (nSPS) is 9.81. The van der Waals surface area contributed by atoms with E-state index in [0.29, 0.717) is 22.7 Å². The van der Waals surface area contributed by atoms with Gasteiger partial charge in [-0.15, -0.1) is 11.3 Å². The Hall–Kier alpha value is -3.16. The summed E-state index contributed by atoms with van der Waals surface area (Å²) in [6, 6.07) is 12.5. The Morgan fingerprint density at radius 1 is 1.29 bits per heavy atom. The lowest BCUT2D eigenvalue weighted by molar-refractivity contribution is 0.621. The molecule has 100 valence electrons. The number of hydrazone groups is 1. The lowest BCUT2D eigenvalue weighted by Gasteiger charge is -1.97. The molecular formula is C14H7N5OS. The minimum Gasteiger partial charge on any atom is -0.435 e. The van der Waals surface area contributed by atoms with E-state index in [2.05, 4.69) is 15.5 Å². The molecule has 3 rings (SSSR count). The van der Waals surface area contributed by atoms with Crippen molar-refractivity contribution in [3.8, 4) is 22.9 Å². The molecule has 1 N–H and O–H groups in total.